The Kier molecular flexibility index (Phi) is 6.63. The topological polar surface area (TPSA) is 125 Å². The van der Waals surface area contributed by atoms with Crippen LogP contribution < -0.4 is 16.0 Å². The second-order valence-electron chi connectivity index (χ2n) is 6.74. The molecule has 2 aliphatic rings. The van der Waals surface area contributed by atoms with E-state index in [9.17, 15) is 24.0 Å². The summed E-state index contributed by atoms with van der Waals surface area (Å²) in [6, 6.07) is 3.92. The first-order valence-electron chi connectivity index (χ1n) is 9.35. The van der Waals surface area contributed by atoms with Crippen molar-refractivity contribution >= 4 is 51.2 Å². The van der Waals surface area contributed by atoms with Gasteiger partial charge >= 0.3 is 0 Å². The molecule has 3 rings (SSSR count). The van der Waals surface area contributed by atoms with Crippen molar-refractivity contribution in [2.45, 2.75) is 31.7 Å². The van der Waals surface area contributed by atoms with Gasteiger partial charge < -0.3 is 10.6 Å². The average molecular weight is 465 g/mol. The van der Waals surface area contributed by atoms with E-state index in [1.807, 2.05) is 0 Å². The summed E-state index contributed by atoms with van der Waals surface area (Å²) >= 11 is 3.20. The minimum absolute atomic E-state index is 0.0388. The summed E-state index contributed by atoms with van der Waals surface area (Å²) in [5.41, 5.74) is 0.961. The number of anilines is 1. The molecule has 0 spiro atoms. The van der Waals surface area contributed by atoms with Crippen LogP contribution in [0.1, 0.15) is 46.4 Å². The molecule has 0 bridgehead atoms. The SMILES string of the molecule is O=C(CCBr)NCCCNc1cccc2c1C(=O)N(C1CCC(=O)NC1=O)C2=O. The van der Waals surface area contributed by atoms with Gasteiger partial charge in [-0.15, -0.1) is 0 Å². The minimum Gasteiger partial charge on any atom is -0.384 e. The maximum atomic E-state index is 12.9. The molecular formula is C19H21BrN4O5. The summed E-state index contributed by atoms with van der Waals surface area (Å²) in [5.74, 6) is -2.17. The second-order valence-corrected chi connectivity index (χ2v) is 7.54. The van der Waals surface area contributed by atoms with Gasteiger partial charge in [-0.3, -0.25) is 34.2 Å². The summed E-state index contributed by atoms with van der Waals surface area (Å²) in [7, 11) is 0. The van der Waals surface area contributed by atoms with Crippen LogP contribution in [0.25, 0.3) is 0 Å². The quantitative estimate of drug-likeness (QED) is 0.296. The van der Waals surface area contributed by atoms with Gasteiger partial charge in [0.1, 0.15) is 6.04 Å². The van der Waals surface area contributed by atoms with Crippen molar-refractivity contribution in [1.29, 1.82) is 0 Å². The number of nitrogens with zero attached hydrogens (tertiary/aromatic N) is 1. The first-order valence-corrected chi connectivity index (χ1v) is 10.5. The third-order valence-corrected chi connectivity index (χ3v) is 5.18. The van der Waals surface area contributed by atoms with Gasteiger partial charge in [-0.05, 0) is 25.0 Å². The highest BCUT2D eigenvalue weighted by molar-refractivity contribution is 9.09. The van der Waals surface area contributed by atoms with Crippen LogP contribution in [0.4, 0.5) is 5.69 Å². The minimum atomic E-state index is -0.988. The molecule has 2 heterocycles. The lowest BCUT2D eigenvalue weighted by molar-refractivity contribution is -0.136. The van der Waals surface area contributed by atoms with E-state index in [0.29, 0.717) is 36.9 Å². The Labute approximate surface area is 175 Å². The normalized spacial score (nSPS) is 18.5. The molecule has 1 unspecified atom stereocenters. The number of piperidine rings is 1. The van der Waals surface area contributed by atoms with Crippen LogP contribution in [0, 0.1) is 0 Å². The smallest absolute Gasteiger partial charge is 0.264 e. The van der Waals surface area contributed by atoms with Gasteiger partial charge in [-0.25, -0.2) is 0 Å². The number of benzene rings is 1. The molecule has 29 heavy (non-hydrogen) atoms. The zero-order valence-electron chi connectivity index (χ0n) is 15.6. The predicted octanol–water partition coefficient (Wildman–Crippen LogP) is 0.791. The summed E-state index contributed by atoms with van der Waals surface area (Å²) in [4.78, 5) is 61.6. The van der Waals surface area contributed by atoms with Crippen LogP contribution >= 0.6 is 15.9 Å². The van der Waals surface area contributed by atoms with Crippen molar-refractivity contribution in [3.63, 3.8) is 0 Å². The number of hydrogen-bond donors (Lipinski definition) is 3. The van der Waals surface area contributed by atoms with Crippen LogP contribution in [-0.2, 0) is 14.4 Å². The molecule has 9 nitrogen and oxygen atoms in total. The number of fused-ring (bicyclic) bond motifs is 1. The number of hydrogen-bond acceptors (Lipinski definition) is 6. The van der Waals surface area contributed by atoms with Gasteiger partial charge in [-0.1, -0.05) is 22.0 Å². The molecule has 1 aromatic rings. The Bertz CT molecular complexity index is 872. The fourth-order valence-corrected chi connectivity index (χ4v) is 3.74. The van der Waals surface area contributed by atoms with E-state index < -0.39 is 29.7 Å². The molecule has 154 valence electrons. The van der Waals surface area contributed by atoms with Gasteiger partial charge in [0.2, 0.25) is 17.7 Å². The van der Waals surface area contributed by atoms with Gasteiger partial charge in [0.15, 0.2) is 0 Å². The highest BCUT2D eigenvalue weighted by Gasteiger charge is 2.45. The molecule has 1 aromatic carbocycles. The van der Waals surface area contributed by atoms with Gasteiger partial charge in [-0.2, -0.15) is 0 Å². The van der Waals surface area contributed by atoms with Crippen LogP contribution in [0.5, 0.6) is 0 Å². The molecule has 3 N–H and O–H groups in total. The number of imide groups is 2. The number of carbonyl (C=O) groups is 5. The van der Waals surface area contributed by atoms with Gasteiger partial charge in [0.25, 0.3) is 11.8 Å². The van der Waals surface area contributed by atoms with E-state index in [-0.39, 0.29) is 29.9 Å². The molecular weight excluding hydrogens is 444 g/mol. The Morgan fingerprint density at radius 2 is 1.97 bits per heavy atom. The van der Waals surface area contributed by atoms with E-state index in [2.05, 4.69) is 31.9 Å². The molecule has 0 radical (unpaired) electrons. The largest absolute Gasteiger partial charge is 0.384 e. The highest BCUT2D eigenvalue weighted by Crippen LogP contribution is 2.32. The van der Waals surface area contributed by atoms with Crippen molar-refractivity contribution < 1.29 is 24.0 Å². The van der Waals surface area contributed by atoms with Crippen LogP contribution in [0.15, 0.2) is 18.2 Å². The predicted molar refractivity (Wildman–Crippen MR) is 108 cm³/mol. The van der Waals surface area contributed by atoms with Crippen molar-refractivity contribution in [3.05, 3.63) is 29.3 Å². The van der Waals surface area contributed by atoms with E-state index in [1.165, 1.54) is 0 Å². The average Bonchev–Trinajstić information content (AvgIpc) is 2.93. The first-order chi connectivity index (χ1) is 13.9. The zero-order valence-corrected chi connectivity index (χ0v) is 17.2. The number of amides is 5. The second kappa shape index (κ2) is 9.17. The first kappa shape index (κ1) is 21.0. The standard InChI is InChI=1S/C19H21BrN4O5/c20-8-7-14(25)22-10-2-9-21-12-4-1-3-11-16(12)19(29)24(18(11)28)13-5-6-15(26)23-17(13)27/h1,3-4,13,21H,2,5-10H2,(H,22,25)(H,23,26,27). The van der Waals surface area contributed by atoms with Crippen molar-refractivity contribution in [2.24, 2.45) is 0 Å². The maximum Gasteiger partial charge on any atom is 0.264 e. The molecule has 5 amide bonds. The lowest BCUT2D eigenvalue weighted by atomic mass is 10.0. The number of halogens is 1. The number of rotatable bonds is 8. The van der Waals surface area contributed by atoms with Gasteiger partial charge in [0, 0.05) is 36.9 Å². The Balaban J connectivity index is 1.66. The van der Waals surface area contributed by atoms with E-state index in [0.717, 1.165) is 4.90 Å². The summed E-state index contributed by atoms with van der Waals surface area (Å²) < 4.78 is 0. The van der Waals surface area contributed by atoms with E-state index in [4.69, 9.17) is 0 Å². The van der Waals surface area contributed by atoms with E-state index >= 15 is 0 Å². The Morgan fingerprint density at radius 1 is 1.17 bits per heavy atom. The van der Waals surface area contributed by atoms with Crippen LogP contribution in [-0.4, -0.2) is 58.9 Å². The molecule has 1 atom stereocenters. The van der Waals surface area contributed by atoms with Crippen LogP contribution in [0.2, 0.25) is 0 Å². The molecule has 2 aliphatic heterocycles. The zero-order chi connectivity index (χ0) is 21.0. The Morgan fingerprint density at radius 3 is 2.69 bits per heavy atom. The fraction of sp³-hybridized carbons (Fsp3) is 0.421. The molecule has 0 saturated carbocycles. The summed E-state index contributed by atoms with van der Waals surface area (Å²) in [6.45, 7) is 0.980. The molecule has 0 aliphatic carbocycles. The number of alkyl halides is 1. The third kappa shape index (κ3) is 4.47. The summed E-state index contributed by atoms with van der Waals surface area (Å²) in [6.07, 6.45) is 1.24. The highest BCUT2D eigenvalue weighted by atomic mass is 79.9. The molecule has 10 heteroatoms. The maximum absolute atomic E-state index is 12.9. The number of nitrogens with one attached hydrogen (secondary N) is 3. The van der Waals surface area contributed by atoms with Gasteiger partial charge in [0.05, 0.1) is 11.1 Å². The van der Waals surface area contributed by atoms with Crippen molar-refractivity contribution in [1.82, 2.24) is 15.5 Å². The lowest BCUT2D eigenvalue weighted by Gasteiger charge is -2.27. The lowest BCUT2D eigenvalue weighted by Crippen LogP contribution is -2.54. The Hall–Kier alpha value is -2.75. The van der Waals surface area contributed by atoms with Crippen molar-refractivity contribution in [3.8, 4) is 0 Å². The van der Waals surface area contributed by atoms with E-state index in [1.54, 1.807) is 18.2 Å². The van der Waals surface area contributed by atoms with Crippen LogP contribution in [0.3, 0.4) is 0 Å². The molecule has 1 saturated heterocycles. The number of carbonyl (C=O) groups excluding carboxylic acids is 5. The molecule has 1 fully saturated rings. The summed E-state index contributed by atoms with van der Waals surface area (Å²) in [5, 5.41) is 8.70. The monoisotopic (exact) mass is 464 g/mol. The molecule has 0 aromatic heterocycles. The fourth-order valence-electron chi connectivity index (χ4n) is 3.38. The van der Waals surface area contributed by atoms with Crippen molar-refractivity contribution in [2.75, 3.05) is 23.7 Å². The third-order valence-electron chi connectivity index (χ3n) is 4.78.